The summed E-state index contributed by atoms with van der Waals surface area (Å²) in [5, 5.41) is 140. The van der Waals surface area contributed by atoms with E-state index in [0.29, 0.717) is 12.4 Å². The standard InChI is InChI=1S/C82H125Cl2N11O26S/c1-7-8-9-10-23-116-43-14-16-44(17-15-43)122(114,115)89-22-21-88-34-47-53(98)31-46-61(70(47)103)45-25-38(11-18-52(45)97)62-77(108)95-66(80(111)93-64(46)81(112)113)68(101)40-13-20-55(49(84)27-40)119-57-29-41-28-56(72(57)120-58-30-42(35-96)69(102)71(104)73(58)121-60-33-82(5,86)74(105)37(4)117-60)118-54-19-12-39(26-48(54)83)67(100)65(94-75(106)50(87-6)24-36(2)3)79(110)90-51(32-59(85)99)76(107)91-63(41)78(109)92-62/h14-17,28-29,36-40,42,45-55,58,60-71,73-74,87-89,96-98,100-105H,7-13,18-27,30-35,86H2,1-6H3,(H2,85,99)(H,90,110)(H,91,107)(H,92,109)(H,93,111)(H,94,106)(H,95,108)(H,112,113)/t37-,38-,39-,40-,42+,45?,46?,47?,48+,49?,50+,51-,52+,53?,54+,55+,58+,60-,61?,62+,63+,64-,65+,66-,67+,68+,69+,70-,71-,73-,74+,82-/m0/s1. The van der Waals surface area contributed by atoms with Crippen molar-refractivity contribution >= 4 is 80.5 Å². The number of alkyl halides is 2. The summed E-state index contributed by atoms with van der Waals surface area (Å²) in [7, 11) is -2.55. The predicted molar refractivity (Wildman–Crippen MR) is 438 cm³/mol. The van der Waals surface area contributed by atoms with E-state index in [1.165, 1.54) is 31.3 Å². The second-order valence-corrected chi connectivity index (χ2v) is 38.5. The number of benzene rings is 2. The van der Waals surface area contributed by atoms with E-state index in [2.05, 4.69) is 54.2 Å². The minimum absolute atomic E-state index is 0.0242. The number of likely N-dealkylation sites (N-methyl/N-ethyl adjacent to an activating group) is 1. The molecule has 32 atom stereocenters. The Hall–Kier alpha value is -6.67. The highest BCUT2D eigenvalue weighted by molar-refractivity contribution is 7.89. The second kappa shape index (κ2) is 41.8. The first-order chi connectivity index (χ1) is 57.8. The highest BCUT2D eigenvalue weighted by Gasteiger charge is 2.57. The summed E-state index contributed by atoms with van der Waals surface area (Å²) >= 11 is 14.9. The van der Waals surface area contributed by atoms with Crippen LogP contribution >= 0.6 is 23.2 Å². The zero-order valence-electron chi connectivity index (χ0n) is 69.5. The molecule has 2 aromatic rings. The molecule has 0 aromatic heterocycles. The number of amides is 7. The van der Waals surface area contributed by atoms with Crippen LogP contribution in [0.3, 0.4) is 0 Å². The molecule has 2 aromatic carbocycles. The summed E-state index contributed by atoms with van der Waals surface area (Å²) < 4.78 is 69.2. The number of carbonyl (C=O) groups excluding carboxylic acids is 7. The van der Waals surface area contributed by atoms with E-state index in [4.69, 9.17) is 63.1 Å². The van der Waals surface area contributed by atoms with E-state index in [9.17, 15) is 73.9 Å². The number of hydrogen-bond acceptors (Lipinski definition) is 28. The average Bonchev–Trinajstić information content (AvgIpc) is 0.752. The largest absolute Gasteiger partial charge is 0.494 e. The molecule has 6 heterocycles. The van der Waals surface area contributed by atoms with Crippen LogP contribution in [0.5, 0.6) is 23.0 Å². The molecule has 23 N–H and O–H groups in total. The second-order valence-electron chi connectivity index (χ2n) is 35.6. The fraction of sp³-hybridized carbons (Fsp3) is 0.756. The fourth-order valence-corrected chi connectivity index (χ4v) is 21.4. The Kier molecular flexibility index (Phi) is 32.9. The van der Waals surface area contributed by atoms with Crippen molar-refractivity contribution in [3.63, 3.8) is 0 Å². The molecular weight excluding hydrogens is 1660 g/mol. The van der Waals surface area contributed by atoms with Crippen molar-refractivity contribution in [2.24, 2.45) is 64.7 Å². The number of ether oxygens (including phenoxy) is 6. The number of hydrogen-bond donors (Lipinski definition) is 21. The molecule has 6 unspecified atom stereocenters. The Morgan fingerprint density at radius 2 is 1.35 bits per heavy atom. The third-order valence-corrected chi connectivity index (χ3v) is 28.7. The molecule has 37 nitrogen and oxygen atoms in total. The van der Waals surface area contributed by atoms with E-state index >= 15 is 24.0 Å². The maximum atomic E-state index is 16.5. The molecule has 7 fully saturated rings. The van der Waals surface area contributed by atoms with Crippen LogP contribution in [0, 0.1) is 53.3 Å². The number of fused-ring (bicyclic) bond motifs is 15. The molecule has 11 bridgehead atoms. The number of nitrogens with one attached hydrogen (secondary N) is 9. The first kappa shape index (κ1) is 96.0. The molecule has 11 aliphatic rings. The lowest BCUT2D eigenvalue weighted by atomic mass is 9.58. The van der Waals surface area contributed by atoms with Crippen molar-refractivity contribution in [3.05, 3.63) is 42.0 Å². The smallest absolute Gasteiger partial charge is 0.326 e. The number of carboxylic acid groups (broad SMARTS) is 1. The van der Waals surface area contributed by atoms with Gasteiger partial charge in [-0.3, -0.25) is 33.6 Å². The maximum absolute atomic E-state index is 16.5. The van der Waals surface area contributed by atoms with Crippen molar-refractivity contribution in [1.29, 1.82) is 0 Å². The van der Waals surface area contributed by atoms with Gasteiger partial charge in [-0.25, -0.2) is 17.9 Å². The van der Waals surface area contributed by atoms with Gasteiger partial charge in [-0.2, -0.15) is 0 Å². The number of aliphatic carboxylic acids is 1. The van der Waals surface area contributed by atoms with Crippen LogP contribution in [0.25, 0.3) is 0 Å². The van der Waals surface area contributed by atoms with Gasteiger partial charge in [0.25, 0.3) is 0 Å². The normalized spacial score (nSPS) is 38.2. The number of primary amides is 1. The monoisotopic (exact) mass is 1780 g/mol. The summed E-state index contributed by atoms with van der Waals surface area (Å²) in [5.74, 6) is -19.9. The van der Waals surface area contributed by atoms with Crippen LogP contribution in [0.2, 0.25) is 0 Å². The summed E-state index contributed by atoms with van der Waals surface area (Å²) in [6.45, 7) is 8.22. The number of halogens is 2. The molecule has 0 spiro atoms. The van der Waals surface area contributed by atoms with Crippen molar-refractivity contribution in [2.45, 2.75) is 299 Å². The van der Waals surface area contributed by atoms with Crippen molar-refractivity contribution in [2.75, 3.05) is 39.9 Å². The minimum Gasteiger partial charge on any atom is -0.494 e. The van der Waals surface area contributed by atoms with Gasteiger partial charge in [-0.05, 0) is 188 Å². The Bertz CT molecular complexity index is 4070. The maximum Gasteiger partial charge on any atom is 0.326 e. The van der Waals surface area contributed by atoms with Crippen LogP contribution in [-0.4, -0.2) is 285 Å². The Morgan fingerprint density at radius 1 is 0.713 bits per heavy atom. The predicted octanol–water partition coefficient (Wildman–Crippen LogP) is -1.71. The molecule has 5 saturated carbocycles. The zero-order chi connectivity index (χ0) is 88.7. The fourth-order valence-electron chi connectivity index (χ4n) is 19.5. The Balaban J connectivity index is 1.01. The molecule has 13 rings (SSSR count). The van der Waals surface area contributed by atoms with Crippen LogP contribution in [0.1, 0.15) is 162 Å². The molecular formula is C82H125Cl2N11O26S. The zero-order valence-corrected chi connectivity index (χ0v) is 71.9. The van der Waals surface area contributed by atoms with E-state index in [1.807, 2.05) is 13.8 Å². The molecule has 0 radical (unpaired) electrons. The Labute approximate surface area is 719 Å². The number of carbonyl (C=O) groups is 8. The number of aliphatic hydroxyl groups excluding tert-OH is 9. The number of sulfonamides is 1. The summed E-state index contributed by atoms with van der Waals surface area (Å²) in [6.07, 6.45) is -19.5. The van der Waals surface area contributed by atoms with E-state index in [0.717, 1.165) is 25.7 Å². The van der Waals surface area contributed by atoms with E-state index < -0.39 is 268 Å². The molecule has 7 amide bonds. The minimum atomic E-state index is -4.07. The van der Waals surface area contributed by atoms with Gasteiger partial charge in [0.15, 0.2) is 17.8 Å². The number of carboxylic acids is 1. The van der Waals surface area contributed by atoms with Crippen molar-refractivity contribution in [3.8, 4) is 23.0 Å². The molecule has 5 aliphatic carbocycles. The highest BCUT2D eigenvalue weighted by Crippen LogP contribution is 2.51. The SMILES string of the molecule is CCCCCCOc1ccc(S(=O)(=O)NCCNCC2C(O)CC3C(C4C[C@H](CC[C@H]4O)[C@H]4NC(=O)[C@@H]5NC(=O)[C@H](CC(N)=O)NC(=O)[C@H](NC(=O)[C@@H](CC(C)C)NC)[C@H](O)[C@H]6CC[C@@H](Oc7cc5cc(c7O[C@@H]5C[C@H](CO)[C@@H](O)[C@H](O)[C@H]5O[C@H]5C[C@](C)(N)[C@H](O)[C@H](C)O5)O[C@@H]5CC[C@@H](CC5Cl)[C@@H](O)[C@H](NC4=O)C(=O)N[C@@H]3C(=O)O)[C@H](Cl)C6)[C@H]2O)cc1. The van der Waals surface area contributed by atoms with Crippen LogP contribution < -0.4 is 77.7 Å². The topological polar surface area (TPSA) is 589 Å². The molecule has 2 saturated heterocycles. The third kappa shape index (κ3) is 22.6. The van der Waals surface area contributed by atoms with Gasteiger partial charge in [-0.1, -0.05) is 40.0 Å². The number of nitrogens with two attached hydrogens (primary N) is 2. The van der Waals surface area contributed by atoms with Crippen LogP contribution in [0.4, 0.5) is 0 Å². The van der Waals surface area contributed by atoms with Crippen molar-refractivity contribution < 1.29 is 126 Å². The molecule has 122 heavy (non-hydrogen) atoms. The van der Waals surface area contributed by atoms with Gasteiger partial charge in [-0.15, -0.1) is 23.2 Å². The first-order valence-corrected chi connectivity index (χ1v) is 45.2. The number of aliphatic hydroxyl groups is 9. The van der Waals surface area contributed by atoms with Gasteiger partial charge in [0.05, 0.1) is 83.6 Å². The summed E-state index contributed by atoms with van der Waals surface area (Å²) in [5.41, 5.74) is 10.9. The average molecular weight is 1780 g/mol. The van der Waals surface area contributed by atoms with E-state index in [-0.39, 0.29) is 130 Å². The lowest BCUT2D eigenvalue weighted by molar-refractivity contribution is -0.286. The van der Waals surface area contributed by atoms with Crippen LogP contribution in [0.15, 0.2) is 41.3 Å². The number of unbranched alkanes of at least 4 members (excludes halogenated alkanes) is 3. The lowest BCUT2D eigenvalue weighted by Gasteiger charge is -2.51. The van der Waals surface area contributed by atoms with Gasteiger partial charge < -0.3 is 133 Å². The number of rotatable bonds is 26. The third-order valence-electron chi connectivity index (χ3n) is 26.3. The van der Waals surface area contributed by atoms with Gasteiger partial charge in [0, 0.05) is 50.0 Å². The summed E-state index contributed by atoms with van der Waals surface area (Å²) in [4.78, 5) is 120. The highest BCUT2D eigenvalue weighted by atomic mass is 35.5. The van der Waals surface area contributed by atoms with Crippen molar-refractivity contribution in [1.82, 2.24) is 47.3 Å². The Morgan fingerprint density at radius 3 is 1.96 bits per heavy atom. The van der Waals surface area contributed by atoms with E-state index in [1.54, 1.807) is 26.0 Å². The van der Waals surface area contributed by atoms with Gasteiger partial charge in [0.2, 0.25) is 57.1 Å². The first-order valence-electron chi connectivity index (χ1n) is 42.9. The van der Waals surface area contributed by atoms with Crippen LogP contribution in [-0.2, 0) is 57.9 Å². The molecule has 6 aliphatic heterocycles. The van der Waals surface area contributed by atoms with Gasteiger partial charge in [0.1, 0.15) is 72.5 Å². The molecule has 40 heteroatoms. The molecule has 684 valence electrons. The van der Waals surface area contributed by atoms with Gasteiger partial charge >= 0.3 is 5.97 Å². The summed E-state index contributed by atoms with van der Waals surface area (Å²) in [6, 6.07) is -4.66. The quantitative estimate of drug-likeness (QED) is 0.0368. The lowest BCUT2D eigenvalue weighted by Crippen LogP contribution is -2.66.